The zero-order valence-electron chi connectivity index (χ0n) is 15.1. The predicted molar refractivity (Wildman–Crippen MR) is 103 cm³/mol. The van der Waals surface area contributed by atoms with Crippen LogP contribution >= 0.6 is 11.6 Å². The maximum Gasteiger partial charge on any atom is 0.330 e. The third-order valence-electron chi connectivity index (χ3n) is 4.60. The number of carbonyl (C=O) groups is 1. The number of unbranched alkanes of at least 4 members (excludes halogenated alkanes) is 1. The van der Waals surface area contributed by atoms with Gasteiger partial charge in [-0.3, -0.25) is 13.9 Å². The van der Waals surface area contributed by atoms with Crippen LogP contribution in [0, 0.1) is 5.82 Å². The van der Waals surface area contributed by atoms with Crippen LogP contribution in [0.3, 0.4) is 0 Å². The molecule has 1 amide bonds. The van der Waals surface area contributed by atoms with Crippen molar-refractivity contribution in [1.29, 1.82) is 0 Å². The van der Waals surface area contributed by atoms with Gasteiger partial charge in [-0.05, 0) is 36.2 Å². The zero-order valence-corrected chi connectivity index (χ0v) is 15.8. The van der Waals surface area contributed by atoms with E-state index in [9.17, 15) is 14.0 Å². The van der Waals surface area contributed by atoms with Crippen LogP contribution < -0.4 is 11.4 Å². The van der Waals surface area contributed by atoms with Gasteiger partial charge in [-0.2, -0.15) is 0 Å². The normalized spacial score (nSPS) is 12.4. The predicted octanol–water partition coefficient (Wildman–Crippen LogP) is 3.41. The summed E-state index contributed by atoms with van der Waals surface area (Å²) in [5.74, 6) is -1.03. The van der Waals surface area contributed by atoms with Gasteiger partial charge in [0.1, 0.15) is 11.9 Å². The van der Waals surface area contributed by atoms with Crippen molar-refractivity contribution < 1.29 is 9.18 Å². The van der Waals surface area contributed by atoms with E-state index in [0.29, 0.717) is 28.7 Å². The molecule has 3 aromatic rings. The minimum Gasteiger partial charge on any atom is -0.368 e. The lowest BCUT2D eigenvalue weighted by molar-refractivity contribution is -0.121. The number of hydrogen-bond donors (Lipinski definition) is 1. The second-order valence-electron chi connectivity index (χ2n) is 6.50. The van der Waals surface area contributed by atoms with E-state index in [1.54, 1.807) is 19.2 Å². The van der Waals surface area contributed by atoms with Gasteiger partial charge in [0.05, 0.1) is 5.52 Å². The van der Waals surface area contributed by atoms with E-state index in [1.807, 2.05) is 6.92 Å². The van der Waals surface area contributed by atoms with Crippen molar-refractivity contribution in [2.75, 3.05) is 0 Å². The number of aromatic nitrogens is 3. The van der Waals surface area contributed by atoms with Crippen LogP contribution in [-0.2, 0) is 11.8 Å². The second-order valence-corrected chi connectivity index (χ2v) is 6.93. The number of fused-ring (bicyclic) bond motifs is 1. The molecule has 1 atom stereocenters. The Labute approximate surface area is 160 Å². The SMILES string of the molecule is CCCCC(C(N)=O)n1c(=O)n(C)c2cc(-c3cc(F)cc(Cl)c3)cnc21. The summed E-state index contributed by atoms with van der Waals surface area (Å²) in [5.41, 5.74) is 7.23. The number of amides is 1. The number of pyridine rings is 1. The van der Waals surface area contributed by atoms with E-state index in [0.717, 1.165) is 12.8 Å². The Morgan fingerprint density at radius 2 is 2.04 bits per heavy atom. The highest BCUT2D eigenvalue weighted by molar-refractivity contribution is 6.30. The van der Waals surface area contributed by atoms with Crippen molar-refractivity contribution in [3.05, 3.63) is 51.8 Å². The first-order valence-electron chi connectivity index (χ1n) is 8.66. The van der Waals surface area contributed by atoms with Gasteiger partial charge >= 0.3 is 5.69 Å². The van der Waals surface area contributed by atoms with Crippen molar-refractivity contribution in [2.45, 2.75) is 32.2 Å². The zero-order chi connectivity index (χ0) is 19.7. The van der Waals surface area contributed by atoms with E-state index in [-0.39, 0.29) is 10.7 Å². The number of nitrogens with zero attached hydrogens (tertiary/aromatic N) is 3. The molecule has 1 unspecified atom stereocenters. The Morgan fingerprint density at radius 1 is 1.30 bits per heavy atom. The molecule has 0 aliphatic rings. The quantitative estimate of drug-likeness (QED) is 0.700. The average Bonchev–Trinajstić information content (AvgIpc) is 2.86. The summed E-state index contributed by atoms with van der Waals surface area (Å²) in [4.78, 5) is 29.1. The molecule has 0 saturated carbocycles. The number of aryl methyl sites for hydroxylation is 1. The van der Waals surface area contributed by atoms with Crippen LogP contribution in [-0.4, -0.2) is 20.0 Å². The fourth-order valence-corrected chi connectivity index (χ4v) is 3.41. The standard InChI is InChI=1S/C19H20ClFN4O2/c1-3-4-5-15(17(22)26)25-18-16(24(2)19(25)27)8-12(10-23-18)11-6-13(20)9-14(21)7-11/h6-10,15H,3-5H2,1-2H3,(H2,22,26). The number of nitrogens with two attached hydrogens (primary N) is 1. The van der Waals surface area contributed by atoms with Crippen molar-refractivity contribution in [3.63, 3.8) is 0 Å². The number of hydrogen-bond acceptors (Lipinski definition) is 3. The van der Waals surface area contributed by atoms with Crippen molar-refractivity contribution in [1.82, 2.24) is 14.1 Å². The number of rotatable bonds is 6. The summed E-state index contributed by atoms with van der Waals surface area (Å²) in [5, 5.41) is 0.268. The Kier molecular flexibility index (Phi) is 5.32. The molecule has 0 saturated heterocycles. The lowest BCUT2D eigenvalue weighted by Gasteiger charge is -2.14. The third kappa shape index (κ3) is 3.60. The van der Waals surface area contributed by atoms with E-state index in [2.05, 4.69) is 4.98 Å². The summed E-state index contributed by atoms with van der Waals surface area (Å²) in [6, 6.07) is 5.15. The molecule has 0 bridgehead atoms. The van der Waals surface area contributed by atoms with Gasteiger partial charge in [-0.15, -0.1) is 0 Å². The number of primary amides is 1. The number of carbonyl (C=O) groups excluding carboxylic acids is 1. The van der Waals surface area contributed by atoms with Gasteiger partial charge in [-0.25, -0.2) is 14.2 Å². The lowest BCUT2D eigenvalue weighted by Crippen LogP contribution is -2.34. The van der Waals surface area contributed by atoms with Crippen LogP contribution in [0.15, 0.2) is 35.3 Å². The molecule has 27 heavy (non-hydrogen) atoms. The maximum atomic E-state index is 13.7. The number of benzene rings is 1. The molecule has 6 nitrogen and oxygen atoms in total. The van der Waals surface area contributed by atoms with E-state index < -0.39 is 17.8 Å². The first-order valence-corrected chi connectivity index (χ1v) is 9.04. The smallest absolute Gasteiger partial charge is 0.330 e. The minimum absolute atomic E-state index is 0.268. The largest absolute Gasteiger partial charge is 0.368 e. The molecule has 0 aliphatic carbocycles. The fraction of sp³-hybridized carbons (Fsp3) is 0.316. The van der Waals surface area contributed by atoms with Crippen molar-refractivity contribution in [2.24, 2.45) is 12.8 Å². The number of imidazole rings is 1. The van der Waals surface area contributed by atoms with Crippen LogP contribution in [0.25, 0.3) is 22.3 Å². The molecule has 142 valence electrons. The van der Waals surface area contributed by atoms with Crippen molar-refractivity contribution >= 4 is 28.7 Å². The van der Waals surface area contributed by atoms with Gasteiger partial charge in [0.15, 0.2) is 5.65 Å². The molecule has 8 heteroatoms. The molecular formula is C19H20ClFN4O2. The van der Waals surface area contributed by atoms with Gasteiger partial charge < -0.3 is 5.73 Å². The first kappa shape index (κ1) is 19.1. The highest BCUT2D eigenvalue weighted by atomic mass is 35.5. The molecule has 2 aromatic heterocycles. The number of halogens is 2. The summed E-state index contributed by atoms with van der Waals surface area (Å²) >= 11 is 5.93. The summed E-state index contributed by atoms with van der Waals surface area (Å²) in [7, 11) is 1.60. The molecule has 0 aliphatic heterocycles. The summed E-state index contributed by atoms with van der Waals surface area (Å²) in [6.07, 6.45) is 3.63. The van der Waals surface area contributed by atoms with Gasteiger partial charge in [-0.1, -0.05) is 31.4 Å². The highest BCUT2D eigenvalue weighted by Gasteiger charge is 2.24. The van der Waals surface area contributed by atoms with Crippen LogP contribution in [0.1, 0.15) is 32.2 Å². The highest BCUT2D eigenvalue weighted by Crippen LogP contribution is 2.27. The third-order valence-corrected chi connectivity index (χ3v) is 4.82. The molecule has 0 fully saturated rings. The first-order chi connectivity index (χ1) is 12.8. The lowest BCUT2D eigenvalue weighted by atomic mass is 10.1. The average molecular weight is 391 g/mol. The molecule has 0 spiro atoms. The Bertz CT molecular complexity index is 1050. The fourth-order valence-electron chi connectivity index (χ4n) is 3.19. The Hall–Kier alpha value is -2.67. The molecule has 0 radical (unpaired) electrons. The monoisotopic (exact) mass is 390 g/mol. The van der Waals surface area contributed by atoms with Crippen LogP contribution in [0.2, 0.25) is 5.02 Å². The maximum absolute atomic E-state index is 13.7. The minimum atomic E-state index is -0.761. The van der Waals surface area contributed by atoms with Crippen LogP contribution in [0.5, 0.6) is 0 Å². The van der Waals surface area contributed by atoms with Crippen molar-refractivity contribution in [3.8, 4) is 11.1 Å². The van der Waals surface area contributed by atoms with E-state index in [4.69, 9.17) is 17.3 Å². The molecular weight excluding hydrogens is 371 g/mol. The van der Waals surface area contributed by atoms with E-state index in [1.165, 1.54) is 27.5 Å². The Balaban J connectivity index is 2.18. The summed E-state index contributed by atoms with van der Waals surface area (Å²) in [6.45, 7) is 2.00. The molecule has 2 heterocycles. The Morgan fingerprint density at radius 3 is 2.67 bits per heavy atom. The van der Waals surface area contributed by atoms with Crippen LogP contribution in [0.4, 0.5) is 4.39 Å². The molecule has 2 N–H and O–H groups in total. The van der Waals surface area contributed by atoms with Gasteiger partial charge in [0.2, 0.25) is 5.91 Å². The van der Waals surface area contributed by atoms with E-state index >= 15 is 0 Å². The van der Waals surface area contributed by atoms with Gasteiger partial charge in [0.25, 0.3) is 0 Å². The second kappa shape index (κ2) is 7.52. The molecule has 3 rings (SSSR count). The molecule has 1 aromatic carbocycles. The van der Waals surface area contributed by atoms with Gasteiger partial charge in [0, 0.05) is 23.8 Å². The summed E-state index contributed by atoms with van der Waals surface area (Å²) < 4.78 is 16.4. The topological polar surface area (TPSA) is 82.9 Å².